The molecule has 118 valence electrons. The highest BCUT2D eigenvalue weighted by atomic mass is 32.1. The van der Waals surface area contributed by atoms with Crippen molar-refractivity contribution < 1.29 is 14.6 Å². The average Bonchev–Trinajstić information content (AvgIpc) is 2.92. The molecule has 1 N–H and O–H groups in total. The fraction of sp³-hybridized carbons (Fsp3) is 0.375. The van der Waals surface area contributed by atoms with Crippen molar-refractivity contribution in [1.82, 2.24) is 9.88 Å². The lowest BCUT2D eigenvalue weighted by Crippen LogP contribution is -2.22. The molecule has 0 aliphatic rings. The SMILES string of the molecule is Cc1csc([C@@H](C)N(C)Cc2ccccc2OCC(=O)O)n1. The molecule has 0 fully saturated rings. The zero-order valence-corrected chi connectivity index (χ0v) is 13.8. The highest BCUT2D eigenvalue weighted by Crippen LogP contribution is 2.26. The minimum atomic E-state index is -0.977. The van der Waals surface area contributed by atoms with E-state index in [2.05, 4.69) is 16.8 Å². The van der Waals surface area contributed by atoms with Crippen LogP contribution < -0.4 is 4.74 Å². The molecule has 2 aromatic rings. The minimum Gasteiger partial charge on any atom is -0.482 e. The van der Waals surface area contributed by atoms with E-state index in [-0.39, 0.29) is 12.6 Å². The number of benzene rings is 1. The second kappa shape index (κ2) is 7.38. The predicted molar refractivity (Wildman–Crippen MR) is 86.3 cm³/mol. The third-order valence-corrected chi connectivity index (χ3v) is 4.53. The van der Waals surface area contributed by atoms with Gasteiger partial charge in [0.05, 0.1) is 6.04 Å². The van der Waals surface area contributed by atoms with Crippen LogP contribution in [0.1, 0.15) is 29.2 Å². The Kier molecular flexibility index (Phi) is 5.51. The monoisotopic (exact) mass is 320 g/mol. The summed E-state index contributed by atoms with van der Waals surface area (Å²) in [7, 11) is 2.02. The molecule has 22 heavy (non-hydrogen) atoms. The lowest BCUT2D eigenvalue weighted by atomic mass is 10.1. The maximum Gasteiger partial charge on any atom is 0.341 e. The number of aliphatic carboxylic acids is 1. The number of ether oxygens (including phenoxy) is 1. The van der Waals surface area contributed by atoms with Crippen LogP contribution in [0, 0.1) is 6.92 Å². The number of carboxylic acid groups (broad SMARTS) is 1. The van der Waals surface area contributed by atoms with Crippen molar-refractivity contribution in [3.63, 3.8) is 0 Å². The Hall–Kier alpha value is -1.92. The molecule has 0 aliphatic carbocycles. The van der Waals surface area contributed by atoms with Crippen molar-refractivity contribution in [1.29, 1.82) is 0 Å². The summed E-state index contributed by atoms with van der Waals surface area (Å²) in [6.07, 6.45) is 0. The van der Waals surface area contributed by atoms with Gasteiger partial charge in [0.15, 0.2) is 6.61 Å². The van der Waals surface area contributed by atoms with Gasteiger partial charge in [0.25, 0.3) is 0 Å². The molecule has 1 aromatic heterocycles. The van der Waals surface area contributed by atoms with Gasteiger partial charge >= 0.3 is 5.97 Å². The number of carbonyl (C=O) groups is 1. The van der Waals surface area contributed by atoms with Gasteiger partial charge in [-0.05, 0) is 27.0 Å². The van der Waals surface area contributed by atoms with Gasteiger partial charge in [0.2, 0.25) is 0 Å². The van der Waals surface area contributed by atoms with Crippen molar-refractivity contribution >= 4 is 17.3 Å². The maximum atomic E-state index is 10.7. The summed E-state index contributed by atoms with van der Waals surface area (Å²) in [5, 5.41) is 11.9. The molecule has 0 unspecified atom stereocenters. The average molecular weight is 320 g/mol. The number of aromatic nitrogens is 1. The molecule has 0 amide bonds. The summed E-state index contributed by atoms with van der Waals surface area (Å²) in [6, 6.07) is 7.70. The van der Waals surface area contributed by atoms with Crippen molar-refractivity contribution in [2.75, 3.05) is 13.7 Å². The zero-order valence-electron chi connectivity index (χ0n) is 12.9. The third kappa shape index (κ3) is 4.29. The smallest absolute Gasteiger partial charge is 0.341 e. The molecule has 0 spiro atoms. The Labute approximate surface area is 134 Å². The fourth-order valence-electron chi connectivity index (χ4n) is 2.07. The summed E-state index contributed by atoms with van der Waals surface area (Å²) >= 11 is 1.65. The third-order valence-electron chi connectivity index (χ3n) is 3.40. The van der Waals surface area contributed by atoms with E-state index < -0.39 is 5.97 Å². The first-order valence-electron chi connectivity index (χ1n) is 7.02. The van der Waals surface area contributed by atoms with E-state index in [0.717, 1.165) is 16.3 Å². The Morgan fingerprint density at radius 2 is 2.18 bits per heavy atom. The van der Waals surface area contributed by atoms with Gasteiger partial charge in [-0.2, -0.15) is 0 Å². The minimum absolute atomic E-state index is 0.186. The summed E-state index contributed by atoms with van der Waals surface area (Å²) in [6.45, 7) is 4.43. The van der Waals surface area contributed by atoms with Gasteiger partial charge in [-0.25, -0.2) is 9.78 Å². The Morgan fingerprint density at radius 1 is 1.45 bits per heavy atom. The van der Waals surface area contributed by atoms with Crippen molar-refractivity contribution in [2.45, 2.75) is 26.4 Å². The van der Waals surface area contributed by atoms with E-state index in [9.17, 15) is 4.79 Å². The van der Waals surface area contributed by atoms with Crippen LogP contribution in [0.25, 0.3) is 0 Å². The largest absolute Gasteiger partial charge is 0.482 e. The number of thiazole rings is 1. The summed E-state index contributed by atoms with van der Waals surface area (Å²) in [4.78, 5) is 17.4. The Balaban J connectivity index is 2.07. The molecule has 0 bridgehead atoms. The number of rotatable bonds is 7. The van der Waals surface area contributed by atoms with Crippen LogP contribution in [0.4, 0.5) is 0 Å². The molecule has 1 aromatic carbocycles. The van der Waals surface area contributed by atoms with Crippen LogP contribution in [0.3, 0.4) is 0 Å². The highest BCUT2D eigenvalue weighted by molar-refractivity contribution is 7.09. The lowest BCUT2D eigenvalue weighted by molar-refractivity contribution is -0.139. The molecule has 6 heteroatoms. The standard InChI is InChI=1S/C16H20N2O3S/c1-11-10-22-16(17-11)12(2)18(3)8-13-6-4-5-7-14(13)21-9-15(19)20/h4-7,10,12H,8-9H2,1-3H3,(H,19,20)/t12-/m1/s1. The molecule has 1 heterocycles. The lowest BCUT2D eigenvalue weighted by Gasteiger charge is -2.24. The van der Waals surface area contributed by atoms with E-state index in [0.29, 0.717) is 12.3 Å². The number of carboxylic acids is 1. The number of nitrogens with zero attached hydrogens (tertiary/aromatic N) is 2. The molecule has 0 radical (unpaired) electrons. The van der Waals surface area contributed by atoms with Crippen LogP contribution in [-0.4, -0.2) is 34.6 Å². The maximum absolute atomic E-state index is 10.7. The van der Waals surface area contributed by atoms with E-state index >= 15 is 0 Å². The van der Waals surface area contributed by atoms with Crippen molar-refractivity contribution in [3.8, 4) is 5.75 Å². The predicted octanol–water partition coefficient (Wildman–Crippen LogP) is 3.11. The molecular weight excluding hydrogens is 300 g/mol. The first-order valence-corrected chi connectivity index (χ1v) is 7.90. The van der Waals surface area contributed by atoms with E-state index in [4.69, 9.17) is 9.84 Å². The normalized spacial score (nSPS) is 12.4. The molecule has 0 aliphatic heterocycles. The Bertz CT molecular complexity index is 642. The van der Waals surface area contributed by atoms with Gasteiger partial charge in [-0.1, -0.05) is 18.2 Å². The molecular formula is C16H20N2O3S. The number of aryl methyl sites for hydroxylation is 1. The second-order valence-corrected chi connectivity index (χ2v) is 6.10. The quantitative estimate of drug-likeness (QED) is 0.849. The summed E-state index contributed by atoms with van der Waals surface area (Å²) in [5.41, 5.74) is 2.00. The summed E-state index contributed by atoms with van der Waals surface area (Å²) < 4.78 is 5.35. The fourth-order valence-corrected chi connectivity index (χ4v) is 2.99. The van der Waals surface area contributed by atoms with Gasteiger partial charge in [-0.3, -0.25) is 4.90 Å². The summed E-state index contributed by atoms with van der Waals surface area (Å²) in [5.74, 6) is -0.367. The van der Waals surface area contributed by atoms with Crippen molar-refractivity contribution in [3.05, 3.63) is 45.9 Å². The van der Waals surface area contributed by atoms with E-state index in [1.165, 1.54) is 0 Å². The van der Waals surface area contributed by atoms with Crippen LogP contribution >= 0.6 is 11.3 Å². The van der Waals surface area contributed by atoms with Crippen molar-refractivity contribution in [2.24, 2.45) is 0 Å². The molecule has 2 rings (SSSR count). The zero-order chi connectivity index (χ0) is 16.1. The molecule has 0 saturated heterocycles. The second-order valence-electron chi connectivity index (χ2n) is 5.21. The molecule has 5 nitrogen and oxygen atoms in total. The van der Waals surface area contributed by atoms with Crippen LogP contribution in [0.5, 0.6) is 5.75 Å². The van der Waals surface area contributed by atoms with Crippen LogP contribution in [0.2, 0.25) is 0 Å². The molecule has 0 saturated carbocycles. The Morgan fingerprint density at radius 3 is 2.82 bits per heavy atom. The first kappa shape index (κ1) is 16.5. The number of hydrogen-bond donors (Lipinski definition) is 1. The van der Waals surface area contributed by atoms with Gasteiger partial charge < -0.3 is 9.84 Å². The van der Waals surface area contributed by atoms with E-state index in [1.807, 2.05) is 37.6 Å². The van der Waals surface area contributed by atoms with Crippen LogP contribution in [-0.2, 0) is 11.3 Å². The topological polar surface area (TPSA) is 62.7 Å². The highest BCUT2D eigenvalue weighted by Gasteiger charge is 2.17. The number of hydrogen-bond acceptors (Lipinski definition) is 5. The van der Waals surface area contributed by atoms with Gasteiger partial charge in [0.1, 0.15) is 10.8 Å². The van der Waals surface area contributed by atoms with Crippen LogP contribution in [0.15, 0.2) is 29.6 Å². The van der Waals surface area contributed by atoms with E-state index in [1.54, 1.807) is 17.4 Å². The molecule has 1 atom stereocenters. The van der Waals surface area contributed by atoms with Gasteiger partial charge in [0, 0.05) is 23.2 Å². The van der Waals surface area contributed by atoms with Gasteiger partial charge in [-0.15, -0.1) is 11.3 Å². The number of para-hydroxylation sites is 1. The first-order chi connectivity index (χ1) is 10.5.